The fraction of sp³-hybridized carbons (Fsp3) is 0.727. The molecule has 2 rings (SSSR count). The minimum absolute atomic E-state index is 0.630. The lowest BCUT2D eigenvalue weighted by Crippen LogP contribution is -2.49. The summed E-state index contributed by atoms with van der Waals surface area (Å²) in [5.41, 5.74) is 1.32. The van der Waals surface area contributed by atoms with Crippen molar-refractivity contribution in [1.29, 1.82) is 0 Å². The molecule has 4 nitrogen and oxygen atoms in total. The first-order chi connectivity index (χ1) is 7.25. The fourth-order valence-electron chi connectivity index (χ4n) is 2.13. The third kappa shape index (κ3) is 2.79. The van der Waals surface area contributed by atoms with Crippen LogP contribution in [0.4, 0.5) is 0 Å². The van der Waals surface area contributed by atoms with Crippen molar-refractivity contribution in [3.05, 3.63) is 18.0 Å². The fourth-order valence-corrected chi connectivity index (χ4v) is 2.13. The van der Waals surface area contributed by atoms with Crippen molar-refractivity contribution in [2.75, 3.05) is 26.2 Å². The van der Waals surface area contributed by atoms with Gasteiger partial charge in [0.15, 0.2) is 0 Å². The van der Waals surface area contributed by atoms with E-state index in [4.69, 9.17) is 0 Å². The number of hydrogen-bond donors (Lipinski definition) is 1. The summed E-state index contributed by atoms with van der Waals surface area (Å²) < 4.78 is 1.96. The summed E-state index contributed by atoms with van der Waals surface area (Å²) in [5.74, 6) is 0. The van der Waals surface area contributed by atoms with E-state index in [-0.39, 0.29) is 0 Å². The van der Waals surface area contributed by atoms with Crippen LogP contribution in [0, 0.1) is 0 Å². The lowest BCUT2D eigenvalue weighted by molar-refractivity contribution is 0.208. The van der Waals surface area contributed by atoms with Gasteiger partial charge in [-0.15, -0.1) is 0 Å². The van der Waals surface area contributed by atoms with Crippen LogP contribution in [0.1, 0.15) is 12.6 Å². The maximum atomic E-state index is 4.18. The van der Waals surface area contributed by atoms with Crippen molar-refractivity contribution in [2.24, 2.45) is 7.05 Å². The molecule has 0 unspecified atom stereocenters. The van der Waals surface area contributed by atoms with Gasteiger partial charge < -0.3 is 10.2 Å². The third-order valence-corrected chi connectivity index (χ3v) is 3.06. The molecule has 0 saturated carbocycles. The molecular weight excluding hydrogens is 188 g/mol. The molecule has 0 bridgehead atoms. The topological polar surface area (TPSA) is 33.1 Å². The number of aryl methyl sites for hydroxylation is 1. The van der Waals surface area contributed by atoms with Crippen molar-refractivity contribution >= 4 is 0 Å². The van der Waals surface area contributed by atoms with E-state index in [9.17, 15) is 0 Å². The number of rotatable bonds is 3. The minimum atomic E-state index is 0.630. The minimum Gasteiger partial charge on any atom is -0.312 e. The Labute approximate surface area is 91.3 Å². The molecule has 1 N–H and O–H groups in total. The first kappa shape index (κ1) is 10.6. The van der Waals surface area contributed by atoms with Crippen molar-refractivity contribution in [3.8, 4) is 0 Å². The Morgan fingerprint density at radius 2 is 2.47 bits per heavy atom. The second kappa shape index (κ2) is 4.77. The van der Waals surface area contributed by atoms with E-state index in [2.05, 4.69) is 28.3 Å². The molecule has 1 aromatic rings. The Bertz CT molecular complexity index is 307. The molecule has 1 fully saturated rings. The second-order valence-corrected chi connectivity index (χ2v) is 4.35. The molecule has 0 radical (unpaired) electrons. The van der Waals surface area contributed by atoms with Gasteiger partial charge >= 0.3 is 0 Å². The molecule has 0 spiro atoms. The van der Waals surface area contributed by atoms with E-state index in [1.165, 1.54) is 12.2 Å². The normalized spacial score (nSPS) is 23.2. The summed E-state index contributed by atoms with van der Waals surface area (Å²) in [6.07, 6.45) is 2.97. The van der Waals surface area contributed by atoms with E-state index >= 15 is 0 Å². The van der Waals surface area contributed by atoms with Gasteiger partial charge in [0.1, 0.15) is 0 Å². The van der Waals surface area contributed by atoms with Gasteiger partial charge in [-0.2, -0.15) is 5.10 Å². The van der Waals surface area contributed by atoms with Gasteiger partial charge in [-0.1, -0.05) is 0 Å². The molecule has 1 aromatic heterocycles. The molecular formula is C11H20N4. The zero-order chi connectivity index (χ0) is 10.7. The van der Waals surface area contributed by atoms with Crippen molar-refractivity contribution < 1.29 is 0 Å². The van der Waals surface area contributed by atoms with Crippen LogP contribution in [0.5, 0.6) is 0 Å². The zero-order valence-electron chi connectivity index (χ0n) is 9.61. The third-order valence-electron chi connectivity index (χ3n) is 3.06. The molecule has 1 aliphatic heterocycles. The Morgan fingerprint density at radius 1 is 1.60 bits per heavy atom. The first-order valence-corrected chi connectivity index (χ1v) is 5.68. The lowest BCUT2D eigenvalue weighted by atomic mass is 10.2. The quantitative estimate of drug-likeness (QED) is 0.773. The zero-order valence-corrected chi connectivity index (χ0v) is 9.61. The molecule has 2 heterocycles. The van der Waals surface area contributed by atoms with Gasteiger partial charge in [0.25, 0.3) is 0 Å². The van der Waals surface area contributed by atoms with Crippen molar-refractivity contribution in [1.82, 2.24) is 20.0 Å². The van der Waals surface area contributed by atoms with Crippen LogP contribution >= 0.6 is 0 Å². The summed E-state index contributed by atoms with van der Waals surface area (Å²) in [5, 5.41) is 7.64. The molecule has 1 atom stereocenters. The van der Waals surface area contributed by atoms with Crippen LogP contribution in [0.25, 0.3) is 0 Å². The van der Waals surface area contributed by atoms with Crippen molar-refractivity contribution in [3.63, 3.8) is 0 Å². The van der Waals surface area contributed by atoms with Crippen molar-refractivity contribution in [2.45, 2.75) is 19.4 Å². The molecule has 1 saturated heterocycles. The van der Waals surface area contributed by atoms with Gasteiger partial charge in [0.2, 0.25) is 0 Å². The van der Waals surface area contributed by atoms with Crippen LogP contribution in [0.3, 0.4) is 0 Å². The first-order valence-electron chi connectivity index (χ1n) is 5.68. The number of nitrogens with one attached hydrogen (secondary N) is 1. The van der Waals surface area contributed by atoms with Crippen LogP contribution in [0.2, 0.25) is 0 Å². The van der Waals surface area contributed by atoms with E-state index in [0.29, 0.717) is 6.04 Å². The molecule has 0 aromatic carbocycles. The van der Waals surface area contributed by atoms with Gasteiger partial charge in [-0.25, -0.2) is 0 Å². The van der Waals surface area contributed by atoms with Gasteiger partial charge in [-0.05, 0) is 13.0 Å². The molecule has 15 heavy (non-hydrogen) atoms. The predicted octanol–water partition coefficient (Wildman–Crippen LogP) is 0.256. The van der Waals surface area contributed by atoms with Crippen LogP contribution in [-0.4, -0.2) is 46.9 Å². The van der Waals surface area contributed by atoms with E-state index in [0.717, 1.165) is 26.1 Å². The standard InChI is InChI=1S/C11H20N4/c1-10-9-15(8-6-12-10)7-4-11-3-5-13-14(11)2/h3,5,10,12H,4,6-9H2,1-2H3/t10-/m1/s1. The summed E-state index contributed by atoms with van der Waals surface area (Å²) >= 11 is 0. The lowest BCUT2D eigenvalue weighted by Gasteiger charge is -2.31. The average Bonchev–Trinajstić information content (AvgIpc) is 2.61. The maximum Gasteiger partial charge on any atom is 0.0492 e. The molecule has 1 aliphatic rings. The van der Waals surface area contributed by atoms with Crippen LogP contribution in [0.15, 0.2) is 12.3 Å². The highest BCUT2D eigenvalue weighted by Crippen LogP contribution is 2.03. The van der Waals surface area contributed by atoms with Gasteiger partial charge in [0.05, 0.1) is 0 Å². The molecule has 0 amide bonds. The molecule has 4 heteroatoms. The summed E-state index contributed by atoms with van der Waals surface area (Å²) in [6, 6.07) is 2.73. The van der Waals surface area contributed by atoms with E-state index in [1.54, 1.807) is 0 Å². The Hall–Kier alpha value is -0.870. The molecule has 84 valence electrons. The average molecular weight is 208 g/mol. The monoisotopic (exact) mass is 208 g/mol. The summed E-state index contributed by atoms with van der Waals surface area (Å²) in [6.45, 7) is 6.84. The highest BCUT2D eigenvalue weighted by Gasteiger charge is 2.15. The number of aromatic nitrogens is 2. The molecule has 0 aliphatic carbocycles. The number of nitrogens with zero attached hydrogens (tertiary/aromatic N) is 3. The maximum absolute atomic E-state index is 4.18. The number of piperazine rings is 1. The summed E-state index contributed by atoms with van der Waals surface area (Å²) in [7, 11) is 2.01. The Kier molecular flexibility index (Phi) is 3.38. The number of hydrogen-bond acceptors (Lipinski definition) is 3. The predicted molar refractivity (Wildman–Crippen MR) is 60.8 cm³/mol. The van der Waals surface area contributed by atoms with E-state index < -0.39 is 0 Å². The summed E-state index contributed by atoms with van der Waals surface area (Å²) in [4.78, 5) is 2.52. The van der Waals surface area contributed by atoms with Crippen LogP contribution < -0.4 is 5.32 Å². The highest BCUT2D eigenvalue weighted by molar-refractivity contribution is 5.00. The van der Waals surface area contributed by atoms with E-state index in [1.807, 2.05) is 17.9 Å². The largest absolute Gasteiger partial charge is 0.312 e. The van der Waals surface area contributed by atoms with Crippen LogP contribution in [-0.2, 0) is 13.5 Å². The smallest absolute Gasteiger partial charge is 0.0492 e. The Morgan fingerprint density at radius 3 is 3.13 bits per heavy atom. The highest BCUT2D eigenvalue weighted by atomic mass is 15.3. The second-order valence-electron chi connectivity index (χ2n) is 4.35. The SMILES string of the molecule is C[C@@H]1CN(CCc2ccnn2C)CCN1. The Balaban J connectivity index is 1.80. The van der Waals surface area contributed by atoms with Gasteiger partial charge in [0, 0.05) is 57.6 Å². The van der Waals surface area contributed by atoms with Gasteiger partial charge in [-0.3, -0.25) is 4.68 Å².